The number of aromatic nitrogens is 3. The maximum atomic E-state index is 12.8. The third kappa shape index (κ3) is 2.92. The second-order valence-corrected chi connectivity index (χ2v) is 8.35. The number of fused-ring (bicyclic) bond motifs is 1. The summed E-state index contributed by atoms with van der Waals surface area (Å²) in [4.78, 5) is 0. The molecular formula is C16H21N3O2S. The van der Waals surface area contributed by atoms with Crippen molar-refractivity contribution in [3.63, 3.8) is 0 Å². The Morgan fingerprint density at radius 1 is 1.32 bits per heavy atom. The van der Waals surface area contributed by atoms with E-state index in [1.165, 1.54) is 0 Å². The standard InChI is InChI=1S/C16H21N3O2S/c1-12(2)19-10-14(17-18-19)11-22(20,21)16-9-5-7-13-6-3-4-8-15(13)16/h3-4,6,8,10,12,16H,5,7,9,11H2,1-2H3. The molecule has 0 amide bonds. The van der Waals surface area contributed by atoms with Crippen LogP contribution in [-0.2, 0) is 22.0 Å². The van der Waals surface area contributed by atoms with Gasteiger partial charge in [0.05, 0.1) is 16.7 Å². The quantitative estimate of drug-likeness (QED) is 0.869. The number of rotatable bonds is 4. The summed E-state index contributed by atoms with van der Waals surface area (Å²) in [6, 6.07) is 8.05. The molecule has 0 spiro atoms. The maximum Gasteiger partial charge on any atom is 0.163 e. The summed E-state index contributed by atoms with van der Waals surface area (Å²) in [6.45, 7) is 3.98. The van der Waals surface area contributed by atoms with E-state index < -0.39 is 15.1 Å². The fraction of sp³-hybridized carbons (Fsp3) is 0.500. The van der Waals surface area contributed by atoms with Gasteiger partial charge < -0.3 is 0 Å². The van der Waals surface area contributed by atoms with Crippen molar-refractivity contribution in [2.45, 2.75) is 50.2 Å². The van der Waals surface area contributed by atoms with E-state index in [1.54, 1.807) is 10.9 Å². The third-order valence-electron chi connectivity index (χ3n) is 4.18. The Labute approximate surface area is 131 Å². The minimum Gasteiger partial charge on any atom is -0.250 e. The lowest BCUT2D eigenvalue weighted by Gasteiger charge is -2.25. The minimum absolute atomic E-state index is 0.0429. The molecule has 1 aromatic heterocycles. The summed E-state index contributed by atoms with van der Waals surface area (Å²) in [6.07, 6.45) is 4.31. The lowest BCUT2D eigenvalue weighted by molar-refractivity contribution is 0.514. The van der Waals surface area contributed by atoms with Gasteiger partial charge in [-0.2, -0.15) is 0 Å². The summed E-state index contributed by atoms with van der Waals surface area (Å²) >= 11 is 0. The first-order valence-electron chi connectivity index (χ1n) is 7.67. The van der Waals surface area contributed by atoms with E-state index in [2.05, 4.69) is 10.3 Å². The molecule has 1 aromatic carbocycles. The number of benzene rings is 1. The van der Waals surface area contributed by atoms with Crippen molar-refractivity contribution in [1.29, 1.82) is 0 Å². The van der Waals surface area contributed by atoms with Crippen molar-refractivity contribution in [3.8, 4) is 0 Å². The van der Waals surface area contributed by atoms with Crippen LogP contribution in [-0.4, -0.2) is 23.4 Å². The van der Waals surface area contributed by atoms with Gasteiger partial charge >= 0.3 is 0 Å². The van der Waals surface area contributed by atoms with Gasteiger partial charge in [0, 0.05) is 12.2 Å². The molecule has 5 nitrogen and oxygen atoms in total. The van der Waals surface area contributed by atoms with Crippen molar-refractivity contribution in [1.82, 2.24) is 15.0 Å². The highest BCUT2D eigenvalue weighted by molar-refractivity contribution is 7.90. The maximum absolute atomic E-state index is 12.8. The lowest BCUT2D eigenvalue weighted by Crippen LogP contribution is -2.20. The Morgan fingerprint density at radius 3 is 2.82 bits per heavy atom. The largest absolute Gasteiger partial charge is 0.250 e. The Bertz CT molecular complexity index is 765. The molecule has 1 aliphatic rings. The van der Waals surface area contributed by atoms with Crippen LogP contribution in [0.4, 0.5) is 0 Å². The number of sulfone groups is 1. The van der Waals surface area contributed by atoms with Crippen LogP contribution in [0.1, 0.15) is 54.8 Å². The van der Waals surface area contributed by atoms with E-state index in [0.29, 0.717) is 12.1 Å². The van der Waals surface area contributed by atoms with Gasteiger partial charge in [0.2, 0.25) is 0 Å². The Balaban J connectivity index is 1.87. The average Bonchev–Trinajstić information content (AvgIpc) is 2.94. The SMILES string of the molecule is CC(C)n1cc(CS(=O)(=O)C2CCCc3ccccc32)nn1. The van der Waals surface area contributed by atoms with Crippen molar-refractivity contribution in [2.75, 3.05) is 0 Å². The highest BCUT2D eigenvalue weighted by Gasteiger charge is 2.32. The molecular weight excluding hydrogens is 298 g/mol. The van der Waals surface area contributed by atoms with E-state index in [9.17, 15) is 8.42 Å². The second-order valence-electron chi connectivity index (χ2n) is 6.17. The smallest absolute Gasteiger partial charge is 0.163 e. The molecule has 6 heteroatoms. The highest BCUT2D eigenvalue weighted by Crippen LogP contribution is 2.36. The van der Waals surface area contributed by atoms with Crippen LogP contribution in [0.15, 0.2) is 30.5 Å². The van der Waals surface area contributed by atoms with Crippen LogP contribution >= 0.6 is 0 Å². The van der Waals surface area contributed by atoms with Crippen LogP contribution in [0.3, 0.4) is 0 Å². The zero-order valence-electron chi connectivity index (χ0n) is 12.9. The Kier molecular flexibility index (Phi) is 4.04. The topological polar surface area (TPSA) is 64.8 Å². The molecule has 1 atom stereocenters. The normalized spacial score (nSPS) is 18.4. The van der Waals surface area contributed by atoms with E-state index >= 15 is 0 Å². The van der Waals surface area contributed by atoms with Gasteiger partial charge in [-0.1, -0.05) is 29.5 Å². The average molecular weight is 319 g/mol. The number of nitrogens with zero attached hydrogens (tertiary/aromatic N) is 3. The summed E-state index contributed by atoms with van der Waals surface area (Å²) in [5, 5.41) is 7.58. The molecule has 3 rings (SSSR count). The molecule has 1 unspecified atom stereocenters. The molecule has 1 heterocycles. The van der Waals surface area contributed by atoms with E-state index in [4.69, 9.17) is 0 Å². The van der Waals surface area contributed by atoms with Crippen LogP contribution in [0.2, 0.25) is 0 Å². The molecule has 0 saturated carbocycles. The molecule has 118 valence electrons. The van der Waals surface area contributed by atoms with Crippen LogP contribution in [0.25, 0.3) is 0 Å². The van der Waals surface area contributed by atoms with Gasteiger partial charge in [-0.15, -0.1) is 5.10 Å². The molecule has 0 radical (unpaired) electrons. The second kappa shape index (κ2) is 5.83. The molecule has 0 bridgehead atoms. The molecule has 0 fully saturated rings. The highest BCUT2D eigenvalue weighted by atomic mass is 32.2. The Hall–Kier alpha value is -1.69. The lowest BCUT2D eigenvalue weighted by atomic mass is 9.91. The first-order chi connectivity index (χ1) is 10.5. The summed E-state index contributed by atoms with van der Waals surface area (Å²) in [5.41, 5.74) is 2.65. The first kappa shape index (κ1) is 15.2. The zero-order valence-corrected chi connectivity index (χ0v) is 13.8. The fourth-order valence-electron chi connectivity index (χ4n) is 3.02. The van der Waals surface area contributed by atoms with Crippen LogP contribution in [0, 0.1) is 0 Å². The van der Waals surface area contributed by atoms with Crippen LogP contribution in [0.5, 0.6) is 0 Å². The molecule has 22 heavy (non-hydrogen) atoms. The van der Waals surface area contributed by atoms with Gasteiger partial charge in [-0.25, -0.2) is 13.1 Å². The summed E-state index contributed by atoms with van der Waals surface area (Å²) in [7, 11) is -3.28. The molecule has 1 aliphatic carbocycles. The van der Waals surface area contributed by atoms with Gasteiger partial charge in [0.25, 0.3) is 0 Å². The minimum atomic E-state index is -3.28. The van der Waals surface area contributed by atoms with Gasteiger partial charge in [0.1, 0.15) is 0 Å². The van der Waals surface area contributed by atoms with Crippen molar-refractivity contribution in [2.24, 2.45) is 0 Å². The Morgan fingerprint density at radius 2 is 2.09 bits per heavy atom. The van der Waals surface area contributed by atoms with Crippen molar-refractivity contribution in [3.05, 3.63) is 47.3 Å². The van der Waals surface area contributed by atoms with Crippen molar-refractivity contribution >= 4 is 9.84 Å². The van der Waals surface area contributed by atoms with Gasteiger partial charge in [-0.3, -0.25) is 0 Å². The van der Waals surface area contributed by atoms with E-state index in [0.717, 1.165) is 24.0 Å². The van der Waals surface area contributed by atoms with Gasteiger partial charge in [0.15, 0.2) is 9.84 Å². The monoisotopic (exact) mass is 319 g/mol. The molecule has 0 saturated heterocycles. The van der Waals surface area contributed by atoms with E-state index in [-0.39, 0.29) is 11.8 Å². The first-order valence-corrected chi connectivity index (χ1v) is 9.39. The van der Waals surface area contributed by atoms with Crippen molar-refractivity contribution < 1.29 is 8.42 Å². The van der Waals surface area contributed by atoms with Gasteiger partial charge in [-0.05, 0) is 44.2 Å². The number of hydrogen-bond acceptors (Lipinski definition) is 4. The summed E-state index contributed by atoms with van der Waals surface area (Å²) < 4.78 is 27.3. The summed E-state index contributed by atoms with van der Waals surface area (Å²) in [5.74, 6) is -0.0429. The molecule has 0 aliphatic heterocycles. The zero-order chi connectivity index (χ0) is 15.7. The molecule has 0 N–H and O–H groups in total. The molecule has 2 aromatic rings. The third-order valence-corrected chi connectivity index (χ3v) is 6.24. The predicted molar refractivity (Wildman–Crippen MR) is 85.2 cm³/mol. The van der Waals surface area contributed by atoms with Crippen LogP contribution < -0.4 is 0 Å². The van der Waals surface area contributed by atoms with E-state index in [1.807, 2.05) is 38.1 Å². The number of aryl methyl sites for hydroxylation is 1. The predicted octanol–water partition coefficient (Wildman–Crippen LogP) is 2.85. The number of hydrogen-bond donors (Lipinski definition) is 0. The fourth-order valence-corrected chi connectivity index (χ4v) is 4.91.